The van der Waals surface area contributed by atoms with E-state index in [2.05, 4.69) is 16.8 Å². The van der Waals surface area contributed by atoms with Gasteiger partial charge in [-0.3, -0.25) is 4.57 Å². The van der Waals surface area contributed by atoms with E-state index in [4.69, 9.17) is 29.4 Å². The molecule has 1 unspecified atom stereocenters. The summed E-state index contributed by atoms with van der Waals surface area (Å²) < 4.78 is 22.5. The molecule has 1 aromatic heterocycles. The Morgan fingerprint density at radius 2 is 2.32 bits per heavy atom. The first kappa shape index (κ1) is 20.4. The maximum absolute atomic E-state index is 12.2. The molecule has 1 aromatic rings. The number of rotatable bonds is 8. The average Bonchev–Trinajstić information content (AvgIpc) is 2.92. The third-order valence-electron chi connectivity index (χ3n) is 3.64. The molecule has 12 heteroatoms. The molecule has 142 valence electrons. The highest BCUT2D eigenvalue weighted by Gasteiger charge is 2.38. The predicted molar refractivity (Wildman–Crippen MR) is 90.2 cm³/mol. The van der Waals surface area contributed by atoms with Crippen LogP contribution in [0.3, 0.4) is 0 Å². The molecule has 0 amide bonds. The monoisotopic (exact) mass is 394 g/mol. The zero-order valence-electron chi connectivity index (χ0n) is 13.9. The smallest absolute Gasteiger partial charge is 0.351 e. The third-order valence-corrected chi connectivity index (χ3v) is 4.43. The molecule has 25 heavy (non-hydrogen) atoms. The molecule has 2 heterocycles. The van der Waals surface area contributed by atoms with Crippen LogP contribution in [0.15, 0.2) is 11.0 Å². The van der Waals surface area contributed by atoms with Crippen LogP contribution in [0.1, 0.15) is 18.2 Å². The van der Waals surface area contributed by atoms with Crippen molar-refractivity contribution in [3.8, 4) is 0 Å². The van der Waals surface area contributed by atoms with E-state index >= 15 is 0 Å². The second kappa shape index (κ2) is 8.65. The summed E-state index contributed by atoms with van der Waals surface area (Å²) in [5.74, 6) is 0.142. The first-order valence-corrected chi connectivity index (χ1v) is 10.1. The van der Waals surface area contributed by atoms with E-state index in [9.17, 15) is 9.69 Å². The van der Waals surface area contributed by atoms with Crippen LogP contribution in [0, 0.1) is 6.92 Å². The van der Waals surface area contributed by atoms with Gasteiger partial charge in [-0.1, -0.05) is 11.8 Å². The summed E-state index contributed by atoms with van der Waals surface area (Å²) in [6, 6.07) is 0. The molecule has 0 saturated carbocycles. The van der Waals surface area contributed by atoms with Crippen LogP contribution in [0.2, 0.25) is 0 Å². The standard InChI is InChI=1S/C13H22N3O7PS/c1-8-6-16(13(17)15-11(8)14)12-10(21-4-3-20-2)5-9(23-12)7-22-24(18,19)25/h6,9-10,12H,3-5,7H2,1-2H3,(H2,14,15,17)(H2,18,19,25)/p-1/t9-,10-,12+/m0/s1. The number of anilines is 1. The molecule has 1 aliphatic heterocycles. The number of hydrogen-bond acceptors (Lipinski definition) is 9. The fraction of sp³-hybridized carbons (Fsp3) is 0.692. The fourth-order valence-electron chi connectivity index (χ4n) is 2.44. The molecule has 1 fully saturated rings. The highest BCUT2D eigenvalue weighted by atomic mass is 32.5. The minimum atomic E-state index is -4.03. The second-order valence-electron chi connectivity index (χ2n) is 5.55. The van der Waals surface area contributed by atoms with Crippen molar-refractivity contribution in [3.05, 3.63) is 22.2 Å². The van der Waals surface area contributed by atoms with E-state index in [1.54, 1.807) is 14.0 Å². The third kappa shape index (κ3) is 5.80. The molecular weight excluding hydrogens is 373 g/mol. The van der Waals surface area contributed by atoms with Crippen molar-refractivity contribution in [2.75, 3.05) is 32.7 Å². The van der Waals surface area contributed by atoms with Gasteiger partial charge in [0.25, 0.3) is 0 Å². The zero-order valence-corrected chi connectivity index (χ0v) is 15.6. The maximum Gasteiger partial charge on any atom is 0.351 e. The lowest BCUT2D eigenvalue weighted by Crippen LogP contribution is -2.34. The zero-order chi connectivity index (χ0) is 18.6. The summed E-state index contributed by atoms with van der Waals surface area (Å²) in [7, 11) is 1.54. The van der Waals surface area contributed by atoms with Gasteiger partial charge in [0.05, 0.1) is 25.9 Å². The number of aromatic nitrogens is 2. The molecule has 0 aliphatic carbocycles. The van der Waals surface area contributed by atoms with Crippen molar-refractivity contribution in [2.24, 2.45) is 0 Å². The molecule has 0 aromatic carbocycles. The van der Waals surface area contributed by atoms with Crippen LogP contribution >= 0.6 is 6.72 Å². The Morgan fingerprint density at radius 1 is 1.60 bits per heavy atom. The minimum absolute atomic E-state index is 0.142. The van der Waals surface area contributed by atoms with E-state index in [0.717, 1.165) is 0 Å². The van der Waals surface area contributed by atoms with Gasteiger partial charge in [-0.15, -0.1) is 0 Å². The van der Waals surface area contributed by atoms with Crippen molar-refractivity contribution in [2.45, 2.75) is 31.8 Å². The number of hydrogen-bond donors (Lipinski definition) is 2. The molecule has 3 N–H and O–H groups in total. The normalized spacial score (nSPS) is 25.8. The molecule has 10 nitrogen and oxygen atoms in total. The van der Waals surface area contributed by atoms with Gasteiger partial charge in [-0.2, -0.15) is 4.98 Å². The fourth-order valence-corrected chi connectivity index (χ4v) is 2.98. The summed E-state index contributed by atoms with van der Waals surface area (Å²) in [5, 5.41) is 0. The highest BCUT2D eigenvalue weighted by Crippen LogP contribution is 2.35. The van der Waals surface area contributed by atoms with Crippen molar-refractivity contribution in [1.29, 1.82) is 0 Å². The number of aryl methyl sites for hydroxylation is 1. The van der Waals surface area contributed by atoms with Gasteiger partial charge < -0.3 is 34.3 Å². The van der Waals surface area contributed by atoms with Gasteiger partial charge in [-0.25, -0.2) is 4.79 Å². The van der Waals surface area contributed by atoms with Crippen LogP contribution < -0.4 is 16.3 Å². The second-order valence-corrected chi connectivity index (χ2v) is 8.13. The Balaban J connectivity index is 2.18. The Morgan fingerprint density at radius 3 is 2.96 bits per heavy atom. The van der Waals surface area contributed by atoms with E-state index in [0.29, 0.717) is 25.2 Å². The van der Waals surface area contributed by atoms with Gasteiger partial charge in [0.2, 0.25) is 0 Å². The molecular formula is C13H21N3O7PS-. The summed E-state index contributed by atoms with van der Waals surface area (Å²) in [6.45, 7) is -1.84. The molecule has 0 bridgehead atoms. The molecule has 1 saturated heterocycles. The van der Waals surface area contributed by atoms with Gasteiger partial charge in [0.1, 0.15) is 18.6 Å². The number of methoxy groups -OCH3 is 1. The van der Waals surface area contributed by atoms with E-state index in [1.807, 2.05) is 0 Å². The summed E-state index contributed by atoms with van der Waals surface area (Å²) >= 11 is 4.32. The van der Waals surface area contributed by atoms with Crippen LogP contribution in [0.25, 0.3) is 0 Å². The molecule has 2 rings (SSSR count). The van der Waals surface area contributed by atoms with Crippen molar-refractivity contribution in [1.82, 2.24) is 9.55 Å². The van der Waals surface area contributed by atoms with Crippen LogP contribution in [0.5, 0.6) is 0 Å². The van der Waals surface area contributed by atoms with Crippen molar-refractivity contribution in [3.63, 3.8) is 0 Å². The van der Waals surface area contributed by atoms with Gasteiger partial charge >= 0.3 is 5.69 Å². The van der Waals surface area contributed by atoms with E-state index in [-0.39, 0.29) is 12.4 Å². The first-order valence-electron chi connectivity index (χ1n) is 7.51. The lowest BCUT2D eigenvalue weighted by atomic mass is 10.2. The molecule has 1 aliphatic rings. The van der Waals surface area contributed by atoms with Crippen LogP contribution in [-0.4, -0.2) is 53.6 Å². The number of nitrogen functional groups attached to an aromatic ring is 1. The van der Waals surface area contributed by atoms with E-state index < -0.39 is 30.8 Å². The van der Waals surface area contributed by atoms with E-state index in [1.165, 1.54) is 10.8 Å². The molecule has 0 radical (unpaired) electrons. The minimum Gasteiger partial charge on any atom is -0.780 e. The van der Waals surface area contributed by atoms with Gasteiger partial charge in [0.15, 0.2) is 6.23 Å². The maximum atomic E-state index is 12.2. The largest absolute Gasteiger partial charge is 0.780 e. The van der Waals surface area contributed by atoms with Crippen molar-refractivity contribution >= 4 is 24.3 Å². The van der Waals surface area contributed by atoms with Gasteiger partial charge in [-0.05, 0) is 6.92 Å². The number of nitrogens with zero attached hydrogens (tertiary/aromatic N) is 2. The summed E-state index contributed by atoms with van der Waals surface area (Å²) in [6.07, 6.45) is 0.0580. The quantitative estimate of drug-likeness (QED) is 0.418. The Kier molecular flexibility index (Phi) is 7.06. The van der Waals surface area contributed by atoms with Crippen LogP contribution in [-0.2, 0) is 30.5 Å². The highest BCUT2D eigenvalue weighted by molar-refractivity contribution is 8.06. The number of ether oxygens (including phenoxy) is 3. The lowest BCUT2D eigenvalue weighted by Gasteiger charge is -2.23. The SMILES string of the molecule is COCCO[C@H]1C[C@@H](COP([O-])(O)=S)O[C@H]1n1cc(C)c(N)nc1=O. The molecule has 4 atom stereocenters. The average molecular weight is 394 g/mol. The van der Waals surface area contributed by atoms with Gasteiger partial charge in [0, 0.05) is 25.3 Å². The lowest BCUT2D eigenvalue weighted by molar-refractivity contribution is -0.204. The summed E-state index contributed by atoms with van der Waals surface area (Å²) in [5.41, 5.74) is 5.68. The Bertz CT molecular complexity index is 695. The first-order chi connectivity index (χ1) is 11.7. The topological polar surface area (TPSA) is 141 Å². The molecule has 0 spiro atoms. The predicted octanol–water partition coefficient (Wildman–Crippen LogP) is -0.953. The Hall–Kier alpha value is -0.910. The Labute approximate surface area is 149 Å². The van der Waals surface area contributed by atoms with Crippen LogP contribution in [0.4, 0.5) is 5.82 Å². The number of nitrogens with two attached hydrogens (primary N) is 1. The summed E-state index contributed by atoms with van der Waals surface area (Å²) in [4.78, 5) is 36.1. The van der Waals surface area contributed by atoms with Crippen molar-refractivity contribution < 1.29 is 28.5 Å².